The Kier molecular flexibility index (Phi) is 3.41. The summed E-state index contributed by atoms with van der Waals surface area (Å²) in [4.78, 5) is 16.4. The van der Waals surface area contributed by atoms with Crippen LogP contribution in [0.2, 0.25) is 0 Å². The molecule has 0 radical (unpaired) electrons. The summed E-state index contributed by atoms with van der Waals surface area (Å²) in [7, 11) is 0. The Hall–Kier alpha value is -0.700. The van der Waals surface area contributed by atoms with E-state index in [9.17, 15) is 4.79 Å². The maximum absolute atomic E-state index is 11.0. The molecule has 0 atom stereocenters. The van der Waals surface area contributed by atoms with Crippen LogP contribution in [-0.4, -0.2) is 10.8 Å². The number of nitrogens with zero attached hydrogens (tertiary/aromatic N) is 1. The van der Waals surface area contributed by atoms with Crippen LogP contribution in [0.3, 0.4) is 0 Å². The highest BCUT2D eigenvalue weighted by molar-refractivity contribution is 7.11. The predicted octanol–water partition coefficient (Wildman–Crippen LogP) is 2.36. The van der Waals surface area contributed by atoms with Crippen molar-refractivity contribution in [3.63, 3.8) is 0 Å². The Labute approximate surface area is 76.6 Å². The van der Waals surface area contributed by atoms with Crippen molar-refractivity contribution < 1.29 is 4.79 Å². The van der Waals surface area contributed by atoms with Gasteiger partial charge in [-0.3, -0.25) is 4.79 Å². The van der Waals surface area contributed by atoms with Crippen molar-refractivity contribution in [2.45, 2.75) is 33.1 Å². The Morgan fingerprint density at radius 2 is 2.42 bits per heavy atom. The third-order valence-electron chi connectivity index (χ3n) is 1.68. The summed E-state index contributed by atoms with van der Waals surface area (Å²) in [6, 6.07) is 0. The molecule has 2 nitrogen and oxygen atoms in total. The fourth-order valence-electron chi connectivity index (χ4n) is 0.940. The number of thiazole rings is 1. The molecule has 0 bridgehead atoms. The number of Topliss-reactive ketones (excluding diaryl/α,β-unsaturated/α-hetero) is 1. The molecule has 1 aromatic rings. The van der Waals surface area contributed by atoms with E-state index in [-0.39, 0.29) is 0 Å². The van der Waals surface area contributed by atoms with Gasteiger partial charge in [0.1, 0.15) is 5.78 Å². The molecule has 3 heteroatoms. The number of aromatic nitrogens is 1. The second-order valence-corrected chi connectivity index (χ2v) is 4.08. The molecule has 0 amide bonds. The molecule has 0 aromatic carbocycles. The van der Waals surface area contributed by atoms with Gasteiger partial charge in [0.15, 0.2) is 0 Å². The van der Waals surface area contributed by atoms with Crippen molar-refractivity contribution in [3.8, 4) is 0 Å². The van der Waals surface area contributed by atoms with Crippen LogP contribution in [0.25, 0.3) is 0 Å². The van der Waals surface area contributed by atoms with Crippen molar-refractivity contribution in [2.75, 3.05) is 0 Å². The summed E-state index contributed by atoms with van der Waals surface area (Å²) >= 11 is 1.68. The van der Waals surface area contributed by atoms with E-state index in [0.29, 0.717) is 18.6 Å². The highest BCUT2D eigenvalue weighted by Gasteiger charge is 2.02. The molecular formula is C9H13NOS. The van der Waals surface area contributed by atoms with Crippen LogP contribution in [0.4, 0.5) is 0 Å². The van der Waals surface area contributed by atoms with Crippen LogP contribution in [0.1, 0.15) is 29.7 Å². The zero-order valence-electron chi connectivity index (χ0n) is 7.46. The van der Waals surface area contributed by atoms with E-state index in [1.165, 1.54) is 4.88 Å². The molecule has 0 fully saturated rings. The molecule has 1 heterocycles. The van der Waals surface area contributed by atoms with Gasteiger partial charge in [-0.25, -0.2) is 4.98 Å². The highest BCUT2D eigenvalue weighted by Crippen LogP contribution is 2.13. The van der Waals surface area contributed by atoms with Gasteiger partial charge in [-0.1, -0.05) is 6.92 Å². The van der Waals surface area contributed by atoms with Crippen molar-refractivity contribution in [1.29, 1.82) is 0 Å². The van der Waals surface area contributed by atoms with E-state index in [2.05, 4.69) is 4.98 Å². The van der Waals surface area contributed by atoms with Gasteiger partial charge in [0.05, 0.1) is 5.01 Å². The standard InChI is InChI=1S/C9H13NOS/c1-3-8(11)4-5-9-10-6-7(2)12-9/h6H,3-5H2,1-2H3. The second kappa shape index (κ2) is 4.36. The molecule has 0 spiro atoms. The Balaban J connectivity index is 2.38. The monoisotopic (exact) mass is 183 g/mol. The first kappa shape index (κ1) is 9.39. The van der Waals surface area contributed by atoms with Gasteiger partial charge in [0, 0.05) is 30.3 Å². The summed E-state index contributed by atoms with van der Waals surface area (Å²) in [6.07, 6.45) is 3.95. The number of carbonyl (C=O) groups is 1. The van der Waals surface area contributed by atoms with Crippen molar-refractivity contribution >= 4 is 17.1 Å². The Bertz CT molecular complexity index is 267. The van der Waals surface area contributed by atoms with E-state index in [1.807, 2.05) is 20.0 Å². The summed E-state index contributed by atoms with van der Waals surface area (Å²) in [6.45, 7) is 3.93. The average Bonchev–Trinajstić information content (AvgIpc) is 2.47. The lowest BCUT2D eigenvalue weighted by Crippen LogP contribution is -1.96. The van der Waals surface area contributed by atoms with Gasteiger partial charge in [-0.2, -0.15) is 0 Å². The van der Waals surface area contributed by atoms with Crippen LogP contribution < -0.4 is 0 Å². The normalized spacial score (nSPS) is 10.2. The minimum atomic E-state index is 0.322. The lowest BCUT2D eigenvalue weighted by atomic mass is 10.2. The number of ketones is 1. The van der Waals surface area contributed by atoms with Crippen LogP contribution in [0.5, 0.6) is 0 Å². The fourth-order valence-corrected chi connectivity index (χ4v) is 1.73. The van der Waals surface area contributed by atoms with Crippen LogP contribution in [0, 0.1) is 6.92 Å². The molecule has 66 valence electrons. The third kappa shape index (κ3) is 2.74. The summed E-state index contributed by atoms with van der Waals surface area (Å²) in [5, 5.41) is 1.08. The highest BCUT2D eigenvalue weighted by atomic mass is 32.1. The van der Waals surface area contributed by atoms with Gasteiger partial charge in [-0.15, -0.1) is 11.3 Å². The summed E-state index contributed by atoms with van der Waals surface area (Å²) in [5.74, 6) is 0.322. The average molecular weight is 183 g/mol. The zero-order valence-corrected chi connectivity index (χ0v) is 8.28. The first-order chi connectivity index (χ1) is 5.72. The summed E-state index contributed by atoms with van der Waals surface area (Å²) < 4.78 is 0. The minimum absolute atomic E-state index is 0.322. The van der Waals surface area contributed by atoms with Crippen LogP contribution >= 0.6 is 11.3 Å². The topological polar surface area (TPSA) is 30.0 Å². The number of hydrogen-bond acceptors (Lipinski definition) is 3. The molecule has 1 aromatic heterocycles. The number of hydrogen-bond donors (Lipinski definition) is 0. The minimum Gasteiger partial charge on any atom is -0.300 e. The maximum Gasteiger partial charge on any atom is 0.133 e. The lowest BCUT2D eigenvalue weighted by molar-refractivity contribution is -0.118. The fraction of sp³-hybridized carbons (Fsp3) is 0.556. The molecule has 0 saturated carbocycles. The van der Waals surface area contributed by atoms with E-state index < -0.39 is 0 Å². The zero-order chi connectivity index (χ0) is 8.97. The molecule has 1 rings (SSSR count). The first-order valence-corrected chi connectivity index (χ1v) is 4.97. The third-order valence-corrected chi connectivity index (χ3v) is 2.65. The van der Waals surface area contributed by atoms with Gasteiger partial charge >= 0.3 is 0 Å². The molecule has 0 aliphatic rings. The van der Waals surface area contributed by atoms with Crippen molar-refractivity contribution in [2.24, 2.45) is 0 Å². The Morgan fingerprint density at radius 3 is 2.92 bits per heavy atom. The van der Waals surface area contributed by atoms with Crippen molar-refractivity contribution in [1.82, 2.24) is 4.98 Å². The van der Waals surface area contributed by atoms with Crippen molar-refractivity contribution in [3.05, 3.63) is 16.1 Å². The molecule has 0 N–H and O–H groups in total. The van der Waals surface area contributed by atoms with E-state index in [0.717, 1.165) is 11.4 Å². The van der Waals surface area contributed by atoms with Gasteiger partial charge in [0.2, 0.25) is 0 Å². The number of rotatable bonds is 4. The molecule has 12 heavy (non-hydrogen) atoms. The molecule has 0 saturated heterocycles. The van der Waals surface area contributed by atoms with Crippen LogP contribution in [0.15, 0.2) is 6.20 Å². The second-order valence-electron chi connectivity index (χ2n) is 2.76. The van der Waals surface area contributed by atoms with Crippen LogP contribution in [-0.2, 0) is 11.2 Å². The Morgan fingerprint density at radius 1 is 1.67 bits per heavy atom. The lowest BCUT2D eigenvalue weighted by Gasteiger charge is -1.92. The smallest absolute Gasteiger partial charge is 0.133 e. The molecule has 0 aliphatic carbocycles. The number of carbonyl (C=O) groups excluding carboxylic acids is 1. The predicted molar refractivity (Wildman–Crippen MR) is 50.5 cm³/mol. The SMILES string of the molecule is CCC(=O)CCc1ncc(C)s1. The number of aryl methyl sites for hydroxylation is 2. The quantitative estimate of drug-likeness (QED) is 0.717. The largest absolute Gasteiger partial charge is 0.300 e. The van der Waals surface area contributed by atoms with Gasteiger partial charge < -0.3 is 0 Å². The first-order valence-electron chi connectivity index (χ1n) is 4.15. The van der Waals surface area contributed by atoms with E-state index >= 15 is 0 Å². The van der Waals surface area contributed by atoms with Gasteiger partial charge in [-0.05, 0) is 6.92 Å². The van der Waals surface area contributed by atoms with E-state index in [4.69, 9.17) is 0 Å². The molecule has 0 unspecified atom stereocenters. The van der Waals surface area contributed by atoms with E-state index in [1.54, 1.807) is 11.3 Å². The molecule has 0 aliphatic heterocycles. The summed E-state index contributed by atoms with van der Waals surface area (Å²) in [5.41, 5.74) is 0. The molecular weight excluding hydrogens is 170 g/mol. The maximum atomic E-state index is 11.0. The van der Waals surface area contributed by atoms with Gasteiger partial charge in [0.25, 0.3) is 0 Å².